The molecule has 26 heavy (non-hydrogen) atoms. The number of carbonyl (C=O) groups excluding carboxylic acids is 1. The third-order valence-electron chi connectivity index (χ3n) is 5.38. The van der Waals surface area contributed by atoms with Crippen molar-refractivity contribution < 1.29 is 14.1 Å². The molecule has 1 N–H and O–H groups in total. The molecule has 138 valence electrons. The molecule has 0 saturated carbocycles. The van der Waals surface area contributed by atoms with Gasteiger partial charge in [-0.3, -0.25) is 9.69 Å². The summed E-state index contributed by atoms with van der Waals surface area (Å²) in [4.78, 5) is 15.0. The molecule has 1 aromatic heterocycles. The van der Waals surface area contributed by atoms with E-state index in [9.17, 15) is 4.79 Å². The van der Waals surface area contributed by atoms with Gasteiger partial charge in [0.15, 0.2) is 11.5 Å². The van der Waals surface area contributed by atoms with E-state index >= 15 is 0 Å². The Kier molecular flexibility index (Phi) is 4.68. The van der Waals surface area contributed by atoms with E-state index in [1.165, 1.54) is 19.3 Å². The summed E-state index contributed by atoms with van der Waals surface area (Å²) >= 11 is 0. The van der Waals surface area contributed by atoms with Crippen molar-refractivity contribution in [1.82, 2.24) is 15.4 Å². The molecule has 1 atom stereocenters. The monoisotopic (exact) mass is 355 g/mol. The van der Waals surface area contributed by atoms with E-state index in [0.29, 0.717) is 30.6 Å². The van der Waals surface area contributed by atoms with Crippen LogP contribution in [0.1, 0.15) is 47.8 Å². The lowest BCUT2D eigenvalue weighted by Gasteiger charge is -2.33. The Morgan fingerprint density at radius 3 is 3.12 bits per heavy atom. The first kappa shape index (κ1) is 17.1. The zero-order valence-electron chi connectivity index (χ0n) is 15.4. The number of hydrogen-bond donors (Lipinski definition) is 1. The van der Waals surface area contributed by atoms with E-state index in [1.807, 2.05) is 25.1 Å². The normalized spacial score (nSPS) is 19.4. The lowest BCUT2D eigenvalue weighted by atomic mass is 10.0. The van der Waals surface area contributed by atoms with Crippen molar-refractivity contribution in [3.63, 3.8) is 0 Å². The van der Waals surface area contributed by atoms with Gasteiger partial charge in [-0.1, -0.05) is 23.2 Å². The number of carbonyl (C=O) groups is 1. The van der Waals surface area contributed by atoms with Gasteiger partial charge in [0.2, 0.25) is 0 Å². The third-order valence-corrected chi connectivity index (χ3v) is 5.38. The Labute approximate surface area is 153 Å². The van der Waals surface area contributed by atoms with Gasteiger partial charge in [-0.15, -0.1) is 0 Å². The highest BCUT2D eigenvalue weighted by Crippen LogP contribution is 2.39. The fourth-order valence-electron chi connectivity index (χ4n) is 3.82. The van der Waals surface area contributed by atoms with Crippen molar-refractivity contribution in [2.45, 2.75) is 45.8 Å². The summed E-state index contributed by atoms with van der Waals surface area (Å²) in [6, 6.07) is 6.51. The van der Waals surface area contributed by atoms with Crippen LogP contribution in [-0.4, -0.2) is 41.6 Å². The van der Waals surface area contributed by atoms with Gasteiger partial charge in [0, 0.05) is 19.1 Å². The molecule has 1 amide bonds. The maximum absolute atomic E-state index is 12.6. The highest BCUT2D eigenvalue weighted by Gasteiger charge is 2.29. The minimum Gasteiger partial charge on any atom is -0.488 e. The molecule has 0 unspecified atom stereocenters. The number of rotatable bonds is 4. The molecule has 2 aliphatic rings. The zero-order valence-corrected chi connectivity index (χ0v) is 15.4. The maximum atomic E-state index is 12.6. The smallest absolute Gasteiger partial charge is 0.273 e. The van der Waals surface area contributed by atoms with Crippen molar-refractivity contribution in [2.24, 2.45) is 0 Å². The van der Waals surface area contributed by atoms with Gasteiger partial charge in [0.05, 0.1) is 11.1 Å². The van der Waals surface area contributed by atoms with E-state index < -0.39 is 0 Å². The van der Waals surface area contributed by atoms with Gasteiger partial charge in [-0.25, -0.2) is 0 Å². The molecule has 6 nitrogen and oxygen atoms in total. The van der Waals surface area contributed by atoms with Crippen molar-refractivity contribution in [3.8, 4) is 17.1 Å². The number of nitrogens with zero attached hydrogens (tertiary/aromatic N) is 2. The van der Waals surface area contributed by atoms with Crippen molar-refractivity contribution in [1.29, 1.82) is 0 Å². The van der Waals surface area contributed by atoms with Gasteiger partial charge in [0.25, 0.3) is 5.91 Å². The van der Waals surface area contributed by atoms with Crippen LogP contribution in [-0.2, 0) is 6.61 Å². The van der Waals surface area contributed by atoms with Crippen LogP contribution in [0.5, 0.6) is 5.75 Å². The van der Waals surface area contributed by atoms with Gasteiger partial charge < -0.3 is 14.6 Å². The maximum Gasteiger partial charge on any atom is 0.273 e. The lowest BCUT2D eigenvalue weighted by Crippen LogP contribution is -2.42. The van der Waals surface area contributed by atoms with Crippen LogP contribution in [0, 0.1) is 6.92 Å². The fourth-order valence-corrected chi connectivity index (χ4v) is 3.82. The Morgan fingerprint density at radius 1 is 1.38 bits per heavy atom. The number of nitrogens with one attached hydrogen (secondary N) is 1. The van der Waals surface area contributed by atoms with Gasteiger partial charge in [-0.2, -0.15) is 0 Å². The molecule has 0 aliphatic carbocycles. The van der Waals surface area contributed by atoms with Crippen molar-refractivity contribution >= 4 is 5.91 Å². The Bertz CT molecular complexity index is 815. The number of fused-ring (bicyclic) bond motifs is 3. The molecular weight excluding hydrogens is 330 g/mol. The number of benzene rings is 1. The molecule has 0 bridgehead atoms. The predicted molar refractivity (Wildman–Crippen MR) is 98.2 cm³/mol. The van der Waals surface area contributed by atoms with E-state index in [2.05, 4.69) is 22.3 Å². The summed E-state index contributed by atoms with van der Waals surface area (Å²) in [5, 5.41) is 7.01. The van der Waals surface area contributed by atoms with Gasteiger partial charge in [0.1, 0.15) is 12.4 Å². The number of ether oxygens (including phenoxy) is 1. The third kappa shape index (κ3) is 3.21. The first-order valence-corrected chi connectivity index (χ1v) is 9.38. The molecule has 1 saturated heterocycles. The predicted octanol–water partition coefficient (Wildman–Crippen LogP) is 3.15. The summed E-state index contributed by atoms with van der Waals surface area (Å²) in [6.45, 7) is 7.17. The van der Waals surface area contributed by atoms with Gasteiger partial charge >= 0.3 is 0 Å². The van der Waals surface area contributed by atoms with Crippen LogP contribution in [0.2, 0.25) is 0 Å². The molecule has 1 fully saturated rings. The number of hydrogen-bond acceptors (Lipinski definition) is 5. The standard InChI is InChI=1S/C20H25N3O3/c1-13-6-7-17-15(11-13)19-16(12-25-17)18(22-26-19)20(24)21-8-10-23-9-4-3-5-14(23)2/h6-7,11,14H,3-5,8-10,12H2,1-2H3,(H,21,24)/t14-/m0/s1. The van der Waals surface area contributed by atoms with E-state index in [-0.39, 0.29) is 5.91 Å². The SMILES string of the molecule is Cc1ccc2c(c1)-c1onc(C(=O)NCCN3CCCC[C@@H]3C)c1CO2. The number of aryl methyl sites for hydroxylation is 1. The minimum absolute atomic E-state index is 0.195. The topological polar surface area (TPSA) is 67.6 Å². The van der Waals surface area contributed by atoms with E-state index in [4.69, 9.17) is 9.26 Å². The Morgan fingerprint density at radius 2 is 2.27 bits per heavy atom. The number of aromatic nitrogens is 1. The fraction of sp³-hybridized carbons (Fsp3) is 0.500. The summed E-state index contributed by atoms with van der Waals surface area (Å²) < 4.78 is 11.3. The average Bonchev–Trinajstić information content (AvgIpc) is 3.08. The Balaban J connectivity index is 1.44. The largest absolute Gasteiger partial charge is 0.488 e. The number of likely N-dealkylation sites (tertiary alicyclic amines) is 1. The van der Waals surface area contributed by atoms with E-state index in [0.717, 1.165) is 35.5 Å². The molecule has 0 spiro atoms. The average molecular weight is 355 g/mol. The Hall–Kier alpha value is -2.34. The summed E-state index contributed by atoms with van der Waals surface area (Å²) in [6.07, 6.45) is 3.78. The molecule has 0 radical (unpaired) electrons. The molecule has 6 heteroatoms. The summed E-state index contributed by atoms with van der Waals surface area (Å²) in [5.74, 6) is 1.22. The van der Waals surface area contributed by atoms with Crippen LogP contribution < -0.4 is 10.1 Å². The highest BCUT2D eigenvalue weighted by atomic mass is 16.5. The van der Waals surface area contributed by atoms with Crippen molar-refractivity contribution in [3.05, 3.63) is 35.0 Å². The van der Waals surface area contributed by atoms with Crippen LogP contribution >= 0.6 is 0 Å². The summed E-state index contributed by atoms with van der Waals surface area (Å²) in [7, 11) is 0. The first-order valence-electron chi connectivity index (χ1n) is 9.38. The first-order chi connectivity index (χ1) is 12.6. The molecule has 2 aromatic rings. The van der Waals surface area contributed by atoms with Crippen LogP contribution in [0.4, 0.5) is 0 Å². The van der Waals surface area contributed by atoms with Gasteiger partial charge in [-0.05, 0) is 45.4 Å². The molecule has 3 heterocycles. The second-order valence-electron chi connectivity index (χ2n) is 7.26. The molecule has 4 rings (SSSR count). The quantitative estimate of drug-likeness (QED) is 0.912. The zero-order chi connectivity index (χ0) is 18.1. The molecule has 2 aliphatic heterocycles. The highest BCUT2D eigenvalue weighted by molar-refractivity contribution is 5.95. The second kappa shape index (κ2) is 7.11. The van der Waals surface area contributed by atoms with Crippen molar-refractivity contribution in [2.75, 3.05) is 19.6 Å². The van der Waals surface area contributed by atoms with Crippen LogP contribution in [0.15, 0.2) is 22.7 Å². The molecular formula is C20H25N3O3. The molecule has 1 aromatic carbocycles. The lowest BCUT2D eigenvalue weighted by molar-refractivity contribution is 0.0927. The summed E-state index contributed by atoms with van der Waals surface area (Å²) in [5.41, 5.74) is 3.03. The second-order valence-corrected chi connectivity index (χ2v) is 7.26. The number of piperidine rings is 1. The van der Waals surface area contributed by atoms with Crippen LogP contribution in [0.25, 0.3) is 11.3 Å². The number of amides is 1. The minimum atomic E-state index is -0.195. The van der Waals surface area contributed by atoms with E-state index in [1.54, 1.807) is 0 Å². The van der Waals surface area contributed by atoms with Crippen LogP contribution in [0.3, 0.4) is 0 Å².